The largest absolute Gasteiger partial charge is 0.474 e. The molecular formula is C18H23N7O3. The van der Waals surface area contributed by atoms with E-state index in [0.717, 1.165) is 19.3 Å². The first kappa shape index (κ1) is 19.3. The molecular weight excluding hydrogens is 362 g/mol. The van der Waals surface area contributed by atoms with Crippen molar-refractivity contribution >= 4 is 29.1 Å². The van der Waals surface area contributed by atoms with Crippen LogP contribution in [-0.2, 0) is 4.79 Å². The molecule has 0 saturated heterocycles. The first-order valence-corrected chi connectivity index (χ1v) is 9.08. The maximum Gasteiger partial charge on any atom is 0.271 e. The number of nitrogens with one attached hydrogen (secondary N) is 2. The zero-order valence-corrected chi connectivity index (χ0v) is 15.5. The molecule has 1 aliphatic carbocycles. The van der Waals surface area contributed by atoms with E-state index in [2.05, 4.69) is 25.6 Å². The van der Waals surface area contributed by atoms with Crippen LogP contribution in [0.1, 0.15) is 43.1 Å². The number of carbonyl (C=O) groups excluding carboxylic acids is 2. The summed E-state index contributed by atoms with van der Waals surface area (Å²) in [6.45, 7) is 1.81. The molecule has 1 atom stereocenters. The van der Waals surface area contributed by atoms with Gasteiger partial charge in [-0.25, -0.2) is 15.0 Å². The van der Waals surface area contributed by atoms with Gasteiger partial charge in [0.1, 0.15) is 18.0 Å². The van der Waals surface area contributed by atoms with Gasteiger partial charge in [0.25, 0.3) is 5.91 Å². The van der Waals surface area contributed by atoms with Crippen LogP contribution in [0.2, 0.25) is 0 Å². The van der Waals surface area contributed by atoms with Crippen LogP contribution in [0.25, 0.3) is 0 Å². The van der Waals surface area contributed by atoms with Crippen LogP contribution in [0, 0.1) is 0 Å². The lowest BCUT2D eigenvalue weighted by molar-refractivity contribution is -0.118. The van der Waals surface area contributed by atoms with Crippen molar-refractivity contribution in [3.05, 3.63) is 30.2 Å². The van der Waals surface area contributed by atoms with Crippen molar-refractivity contribution in [3.8, 4) is 5.88 Å². The lowest BCUT2D eigenvalue weighted by Crippen LogP contribution is -2.35. The van der Waals surface area contributed by atoms with Crippen LogP contribution in [0.3, 0.4) is 0 Å². The van der Waals surface area contributed by atoms with E-state index in [9.17, 15) is 9.59 Å². The molecule has 28 heavy (non-hydrogen) atoms. The number of hydrogen-bond donors (Lipinski definition) is 4. The zero-order chi connectivity index (χ0) is 20.1. The highest BCUT2D eigenvalue weighted by molar-refractivity contribution is 5.96. The van der Waals surface area contributed by atoms with Crippen molar-refractivity contribution in [1.29, 1.82) is 0 Å². The summed E-state index contributed by atoms with van der Waals surface area (Å²) in [6, 6.07) is 2.81. The van der Waals surface area contributed by atoms with Crippen molar-refractivity contribution < 1.29 is 14.3 Å². The van der Waals surface area contributed by atoms with E-state index in [4.69, 9.17) is 16.2 Å². The highest BCUT2D eigenvalue weighted by Gasteiger charge is 2.20. The van der Waals surface area contributed by atoms with Crippen molar-refractivity contribution in [2.24, 2.45) is 11.5 Å². The number of carbonyl (C=O) groups is 2. The lowest BCUT2D eigenvalue weighted by Gasteiger charge is -2.25. The third-order valence-electron chi connectivity index (χ3n) is 4.42. The van der Waals surface area contributed by atoms with Gasteiger partial charge in [-0.05, 0) is 31.7 Å². The summed E-state index contributed by atoms with van der Waals surface area (Å²) < 4.78 is 5.78. The quantitative estimate of drug-likeness (QED) is 0.503. The predicted molar refractivity (Wildman–Crippen MR) is 103 cm³/mol. The number of anilines is 3. The summed E-state index contributed by atoms with van der Waals surface area (Å²) in [7, 11) is 0. The summed E-state index contributed by atoms with van der Waals surface area (Å²) in [4.78, 5) is 35.7. The molecule has 6 N–H and O–H groups in total. The SMILES string of the molecule is CCC(Nc1cnc(C(N)=O)c(Nc2ccnc(OC3CCC3)c2)n1)C(N)=O. The average molecular weight is 385 g/mol. The minimum atomic E-state index is -0.733. The summed E-state index contributed by atoms with van der Waals surface area (Å²) in [5.41, 5.74) is 11.3. The highest BCUT2D eigenvalue weighted by atomic mass is 16.5. The van der Waals surface area contributed by atoms with Crippen molar-refractivity contribution in [2.75, 3.05) is 10.6 Å². The Morgan fingerprint density at radius 3 is 2.71 bits per heavy atom. The van der Waals surface area contributed by atoms with Crippen LogP contribution in [-0.4, -0.2) is 38.9 Å². The van der Waals surface area contributed by atoms with Gasteiger partial charge >= 0.3 is 0 Å². The third-order valence-corrected chi connectivity index (χ3v) is 4.42. The van der Waals surface area contributed by atoms with Gasteiger partial charge in [-0.2, -0.15) is 0 Å². The molecule has 0 aromatic carbocycles. The minimum absolute atomic E-state index is 0.0315. The van der Waals surface area contributed by atoms with Gasteiger partial charge in [0.15, 0.2) is 11.5 Å². The lowest BCUT2D eigenvalue weighted by atomic mass is 9.96. The predicted octanol–water partition coefficient (Wildman–Crippen LogP) is 1.32. The fourth-order valence-corrected chi connectivity index (χ4v) is 2.63. The average Bonchev–Trinajstić information content (AvgIpc) is 2.63. The van der Waals surface area contributed by atoms with Crippen LogP contribution >= 0.6 is 0 Å². The minimum Gasteiger partial charge on any atom is -0.474 e. The molecule has 2 heterocycles. The molecule has 1 unspecified atom stereocenters. The third kappa shape index (κ3) is 4.64. The van der Waals surface area contributed by atoms with Gasteiger partial charge in [-0.15, -0.1) is 0 Å². The molecule has 3 rings (SSSR count). The number of nitrogens with two attached hydrogens (primary N) is 2. The number of primary amides is 2. The maximum atomic E-state index is 11.7. The number of amides is 2. The molecule has 1 aliphatic rings. The fraction of sp³-hybridized carbons (Fsp3) is 0.389. The van der Waals surface area contributed by atoms with E-state index in [1.165, 1.54) is 6.20 Å². The van der Waals surface area contributed by atoms with E-state index in [-0.39, 0.29) is 23.4 Å². The fourth-order valence-electron chi connectivity index (χ4n) is 2.63. The van der Waals surface area contributed by atoms with Gasteiger partial charge in [0.05, 0.1) is 6.20 Å². The van der Waals surface area contributed by atoms with Crippen LogP contribution < -0.4 is 26.8 Å². The molecule has 1 saturated carbocycles. The Labute approximate surface area is 162 Å². The van der Waals surface area contributed by atoms with E-state index in [1.807, 2.05) is 6.92 Å². The number of aromatic nitrogens is 3. The van der Waals surface area contributed by atoms with Gasteiger partial charge in [0, 0.05) is 18.0 Å². The van der Waals surface area contributed by atoms with Crippen LogP contribution in [0.15, 0.2) is 24.5 Å². The van der Waals surface area contributed by atoms with Crippen molar-refractivity contribution in [3.63, 3.8) is 0 Å². The molecule has 148 valence electrons. The molecule has 2 aromatic heterocycles. The van der Waals surface area contributed by atoms with Gasteiger partial charge in [-0.3, -0.25) is 9.59 Å². The molecule has 2 amide bonds. The van der Waals surface area contributed by atoms with E-state index >= 15 is 0 Å². The number of hydrogen-bond acceptors (Lipinski definition) is 8. The van der Waals surface area contributed by atoms with Crippen LogP contribution in [0.4, 0.5) is 17.3 Å². The number of ether oxygens (including phenoxy) is 1. The van der Waals surface area contributed by atoms with Gasteiger partial charge in [0.2, 0.25) is 11.8 Å². The van der Waals surface area contributed by atoms with Gasteiger partial charge < -0.3 is 26.8 Å². The molecule has 0 aliphatic heterocycles. The standard InChI is InChI=1S/C18H23N7O3/c1-2-12(16(19)26)24-13-9-22-15(17(20)27)18(25-13)23-10-6-7-21-14(8-10)28-11-4-3-5-11/h6-9,11-12H,2-5H2,1H3,(H2,19,26)(H2,20,27)(H2,21,23,24,25). The van der Waals surface area contributed by atoms with E-state index in [1.54, 1.807) is 18.3 Å². The Morgan fingerprint density at radius 2 is 2.11 bits per heavy atom. The molecule has 0 spiro atoms. The Kier molecular flexibility index (Phi) is 5.87. The zero-order valence-electron chi connectivity index (χ0n) is 15.5. The smallest absolute Gasteiger partial charge is 0.271 e. The topological polar surface area (TPSA) is 158 Å². The van der Waals surface area contributed by atoms with Crippen molar-refractivity contribution in [2.45, 2.75) is 44.8 Å². The summed E-state index contributed by atoms with van der Waals surface area (Å²) in [5, 5.41) is 5.91. The summed E-state index contributed by atoms with van der Waals surface area (Å²) in [5.74, 6) is -0.318. The molecule has 10 nitrogen and oxygen atoms in total. The first-order chi connectivity index (χ1) is 13.5. The molecule has 0 bridgehead atoms. The first-order valence-electron chi connectivity index (χ1n) is 9.08. The van der Waals surface area contributed by atoms with Crippen LogP contribution in [0.5, 0.6) is 5.88 Å². The number of pyridine rings is 1. The summed E-state index contributed by atoms with van der Waals surface area (Å²) in [6.07, 6.45) is 6.78. The molecule has 10 heteroatoms. The number of rotatable bonds is 9. The molecule has 2 aromatic rings. The van der Waals surface area contributed by atoms with Crippen molar-refractivity contribution in [1.82, 2.24) is 15.0 Å². The van der Waals surface area contributed by atoms with E-state index in [0.29, 0.717) is 18.0 Å². The normalized spacial score (nSPS) is 14.6. The monoisotopic (exact) mass is 385 g/mol. The second-order valence-electron chi connectivity index (χ2n) is 6.50. The van der Waals surface area contributed by atoms with Gasteiger partial charge in [-0.1, -0.05) is 6.92 Å². The Morgan fingerprint density at radius 1 is 1.32 bits per heavy atom. The second-order valence-corrected chi connectivity index (χ2v) is 6.50. The highest BCUT2D eigenvalue weighted by Crippen LogP contribution is 2.26. The Hall–Kier alpha value is -3.43. The Bertz CT molecular complexity index is 870. The molecule has 1 fully saturated rings. The van der Waals surface area contributed by atoms with E-state index < -0.39 is 17.9 Å². The number of nitrogens with zero attached hydrogens (tertiary/aromatic N) is 3. The Balaban J connectivity index is 1.82. The summed E-state index contributed by atoms with van der Waals surface area (Å²) >= 11 is 0. The second kappa shape index (κ2) is 8.51. The maximum absolute atomic E-state index is 11.7. The molecule has 0 radical (unpaired) electrons.